The van der Waals surface area contributed by atoms with Gasteiger partial charge in [-0.1, -0.05) is 72.4 Å². The van der Waals surface area contributed by atoms with Crippen LogP contribution in [0.2, 0.25) is 20.1 Å². The minimum Gasteiger partial charge on any atom is -0.324 e. The van der Waals surface area contributed by atoms with Gasteiger partial charge in [0.1, 0.15) is 0 Å². The van der Waals surface area contributed by atoms with Gasteiger partial charge in [0.25, 0.3) is 23.6 Å². The molecule has 0 aliphatic carbocycles. The lowest BCUT2D eigenvalue weighted by atomic mass is 10.0. The van der Waals surface area contributed by atoms with Crippen molar-refractivity contribution in [3.8, 4) is 0 Å². The van der Waals surface area contributed by atoms with E-state index < -0.39 is 92.2 Å². The molecule has 0 radical (unpaired) electrons. The molecule has 0 aliphatic rings. The van der Waals surface area contributed by atoms with E-state index in [2.05, 4.69) is 41.7 Å². The molecule has 70 heavy (non-hydrogen) atoms. The number of hydrogen-bond donors (Lipinski definition) is 4. The second-order valence-electron chi connectivity index (χ2n) is 14.9. The molecule has 366 valence electrons. The fourth-order valence-electron chi connectivity index (χ4n) is 6.48. The molecule has 24 heteroatoms. The zero-order chi connectivity index (χ0) is 51.8. The van der Waals surface area contributed by atoms with Crippen LogP contribution in [0.5, 0.6) is 0 Å². The van der Waals surface area contributed by atoms with Gasteiger partial charge in [0.05, 0.1) is 65.1 Å². The van der Waals surface area contributed by atoms with Gasteiger partial charge >= 0.3 is 12.4 Å². The predicted octanol–water partition coefficient (Wildman–Crippen LogP) is 13.3. The smallest absolute Gasteiger partial charge is 0.324 e. The van der Waals surface area contributed by atoms with Crippen LogP contribution >= 0.6 is 46.4 Å². The highest BCUT2D eigenvalue weighted by atomic mass is 35.5. The van der Waals surface area contributed by atoms with Gasteiger partial charge in [0.2, 0.25) is 12.1 Å². The van der Waals surface area contributed by atoms with Crippen LogP contribution in [-0.2, 0) is 44.4 Å². The van der Waals surface area contributed by atoms with E-state index in [1.165, 1.54) is 36.4 Å². The summed E-state index contributed by atoms with van der Waals surface area (Å²) in [5.74, 6) is -5.50. The minimum atomic E-state index is -4.86. The van der Waals surface area contributed by atoms with Crippen LogP contribution < -0.4 is 21.3 Å². The van der Waals surface area contributed by atoms with Crippen LogP contribution in [-0.4, -0.2) is 47.3 Å². The number of para-hydroxylation sites is 2. The van der Waals surface area contributed by atoms with Crippen molar-refractivity contribution in [3.63, 3.8) is 0 Å². The number of nitrogens with zero attached hydrogens (tertiary/aromatic N) is 4. The summed E-state index contributed by atoms with van der Waals surface area (Å²) in [6.07, 6.45) is -9.19. The van der Waals surface area contributed by atoms with Gasteiger partial charge in [-0.2, -0.15) is 46.8 Å². The second kappa shape index (κ2) is 22.8. The Morgan fingerprint density at radius 2 is 0.900 bits per heavy atom. The highest BCUT2D eigenvalue weighted by molar-refractivity contribution is 6.37. The standard InChI is InChI=1S/C46H36Cl4F6N8O6/c1-5-23-17-27(57-43(69)36(21(3)65)63-61-25-13-15-32(47)28(19-25)41(67)59-39-30(45(51,52)53)9-7-11-34(39)49)18-24(6-2)38(23)58-44(70)37(22(4)66)64-62-26-14-16-33(48)29(20-26)42(68)60-40-31(46(54,55)56)10-8-12-35(40)50/h7-20,36-37H,5-6H2,1-4H3,(H,57,69)(H,58,70)(H,59,67)(H,60,68). The Balaban J connectivity index is 1.32. The Hall–Kier alpha value is -6.74. The van der Waals surface area contributed by atoms with E-state index in [4.69, 9.17) is 46.4 Å². The molecule has 4 amide bonds. The van der Waals surface area contributed by atoms with E-state index in [0.717, 1.165) is 62.4 Å². The van der Waals surface area contributed by atoms with Gasteiger partial charge < -0.3 is 21.3 Å². The third-order valence-corrected chi connectivity index (χ3v) is 11.2. The SMILES string of the molecule is CCc1cc(NC(=O)C(N=Nc2ccc(Cl)c(C(=O)Nc3c(Cl)cccc3C(F)(F)F)c2)C(C)=O)cc(CC)c1NC(=O)C(N=Nc1ccc(Cl)c(C(=O)Nc2c(Cl)cccc2C(F)(F)F)c1)C(C)=O. The van der Waals surface area contributed by atoms with E-state index in [9.17, 15) is 55.1 Å². The first-order chi connectivity index (χ1) is 32.8. The van der Waals surface area contributed by atoms with E-state index in [1.807, 2.05) is 0 Å². The van der Waals surface area contributed by atoms with E-state index in [0.29, 0.717) is 11.1 Å². The number of alkyl halides is 6. The molecule has 14 nitrogen and oxygen atoms in total. The van der Waals surface area contributed by atoms with Crippen molar-refractivity contribution in [3.05, 3.63) is 138 Å². The Morgan fingerprint density at radius 1 is 0.514 bits per heavy atom. The lowest BCUT2D eigenvalue weighted by Crippen LogP contribution is -2.33. The number of anilines is 4. The molecule has 0 spiro atoms. The maximum absolute atomic E-state index is 13.7. The van der Waals surface area contributed by atoms with Crippen molar-refractivity contribution in [1.29, 1.82) is 0 Å². The van der Waals surface area contributed by atoms with Gasteiger partial charge in [0.15, 0.2) is 11.6 Å². The number of benzene rings is 5. The largest absolute Gasteiger partial charge is 0.418 e. The van der Waals surface area contributed by atoms with Gasteiger partial charge in [0, 0.05) is 11.4 Å². The van der Waals surface area contributed by atoms with Crippen LogP contribution in [0, 0.1) is 0 Å². The first-order valence-corrected chi connectivity index (χ1v) is 21.9. The number of halogens is 10. The number of Topliss-reactive ketones (excluding diaryl/α,β-unsaturated/α-hetero) is 2. The molecule has 2 unspecified atom stereocenters. The summed E-state index contributed by atoms with van der Waals surface area (Å²) < 4.78 is 81.9. The molecule has 2 atom stereocenters. The van der Waals surface area contributed by atoms with Gasteiger partial charge in [-0.25, -0.2) is 0 Å². The molecule has 0 aliphatic heterocycles. The highest BCUT2D eigenvalue weighted by Crippen LogP contribution is 2.41. The first kappa shape index (κ1) is 54.2. The average Bonchev–Trinajstić information content (AvgIpc) is 3.28. The predicted molar refractivity (Wildman–Crippen MR) is 252 cm³/mol. The summed E-state index contributed by atoms with van der Waals surface area (Å²) >= 11 is 24.4. The number of hydrogen-bond acceptors (Lipinski definition) is 10. The summed E-state index contributed by atoms with van der Waals surface area (Å²) in [5, 5.41) is 24.0. The number of aryl methyl sites for hydroxylation is 2. The Labute approximate surface area is 414 Å². The third-order valence-electron chi connectivity index (χ3n) is 9.93. The maximum atomic E-state index is 13.7. The molecular weight excluding hydrogens is 1020 g/mol. The van der Waals surface area contributed by atoms with Gasteiger partial charge in [-0.3, -0.25) is 28.8 Å². The monoisotopic (exact) mass is 1050 g/mol. The Morgan fingerprint density at radius 3 is 1.26 bits per heavy atom. The molecular formula is C46H36Cl4F6N8O6. The third kappa shape index (κ3) is 13.3. The number of rotatable bonds is 16. The molecule has 0 saturated heterocycles. The van der Waals surface area contributed by atoms with Crippen LogP contribution in [0.4, 0.5) is 60.5 Å². The zero-order valence-corrected chi connectivity index (χ0v) is 39.7. The molecule has 5 aromatic carbocycles. The summed E-state index contributed by atoms with van der Waals surface area (Å²) in [4.78, 5) is 78.9. The fourth-order valence-corrected chi connectivity index (χ4v) is 7.33. The molecule has 0 fully saturated rings. The normalized spacial score (nSPS) is 12.7. The summed E-state index contributed by atoms with van der Waals surface area (Å²) in [7, 11) is 0. The number of carbonyl (C=O) groups is 6. The van der Waals surface area contributed by atoms with Crippen molar-refractivity contribution in [1.82, 2.24) is 0 Å². The molecule has 5 rings (SSSR count). The number of ketones is 2. The molecule has 5 aromatic rings. The van der Waals surface area contributed by atoms with Crippen LogP contribution in [0.25, 0.3) is 0 Å². The Kier molecular flexibility index (Phi) is 17.6. The summed E-state index contributed by atoms with van der Waals surface area (Å²) in [6.45, 7) is 5.62. The summed E-state index contributed by atoms with van der Waals surface area (Å²) in [5.41, 5.74) is -3.31. The summed E-state index contributed by atoms with van der Waals surface area (Å²) in [6, 6.07) is 12.5. The quantitative estimate of drug-likeness (QED) is 0.0430. The number of azo groups is 2. The van der Waals surface area contributed by atoms with E-state index in [-0.39, 0.29) is 56.8 Å². The van der Waals surface area contributed by atoms with Crippen molar-refractivity contribution in [2.75, 3.05) is 21.3 Å². The number of carbonyl (C=O) groups excluding carboxylic acids is 6. The highest BCUT2D eigenvalue weighted by Gasteiger charge is 2.36. The van der Waals surface area contributed by atoms with Crippen molar-refractivity contribution in [2.45, 2.75) is 65.0 Å². The van der Waals surface area contributed by atoms with Gasteiger partial charge in [-0.15, -0.1) is 0 Å². The molecule has 0 aromatic heterocycles. The Bertz CT molecular complexity index is 2940. The average molecular weight is 1050 g/mol. The minimum absolute atomic E-state index is 0.100. The lowest BCUT2D eigenvalue weighted by Gasteiger charge is -2.19. The zero-order valence-electron chi connectivity index (χ0n) is 36.7. The van der Waals surface area contributed by atoms with E-state index >= 15 is 0 Å². The van der Waals surface area contributed by atoms with Crippen LogP contribution in [0.15, 0.2) is 105 Å². The van der Waals surface area contributed by atoms with Crippen LogP contribution in [0.3, 0.4) is 0 Å². The molecule has 0 heterocycles. The lowest BCUT2D eigenvalue weighted by molar-refractivity contribution is -0.137. The number of amides is 4. The molecule has 0 bridgehead atoms. The second-order valence-corrected chi connectivity index (χ2v) is 16.5. The van der Waals surface area contributed by atoms with Crippen molar-refractivity contribution in [2.24, 2.45) is 20.5 Å². The number of nitrogens with one attached hydrogen (secondary N) is 4. The fraction of sp³-hybridized carbons (Fsp3) is 0.217. The molecule has 4 N–H and O–H groups in total. The maximum Gasteiger partial charge on any atom is 0.418 e. The molecule has 0 saturated carbocycles. The van der Waals surface area contributed by atoms with Gasteiger partial charge in [-0.05, 0) is 111 Å². The van der Waals surface area contributed by atoms with E-state index in [1.54, 1.807) is 13.8 Å². The van der Waals surface area contributed by atoms with Crippen molar-refractivity contribution >= 4 is 116 Å². The van der Waals surface area contributed by atoms with Crippen LogP contribution in [0.1, 0.15) is 70.7 Å². The topological polar surface area (TPSA) is 200 Å². The van der Waals surface area contributed by atoms with Crippen molar-refractivity contribution < 1.29 is 55.1 Å². The first-order valence-electron chi connectivity index (χ1n) is 20.4.